The summed E-state index contributed by atoms with van der Waals surface area (Å²) in [6.45, 7) is 2.32. The Hall–Kier alpha value is -1.44. The normalized spacial score (nSPS) is 20.4. The van der Waals surface area contributed by atoms with Crippen LogP contribution in [0.15, 0.2) is 27.5 Å². The van der Waals surface area contributed by atoms with E-state index in [0.29, 0.717) is 30.0 Å². The highest BCUT2D eigenvalue weighted by atomic mass is 32.2. The number of rotatable bonds is 3. The molecular weight excluding hydrogens is 280 g/mol. The fourth-order valence-corrected chi connectivity index (χ4v) is 2.86. The lowest BCUT2D eigenvalue weighted by molar-refractivity contribution is 0.0257. The van der Waals surface area contributed by atoms with Gasteiger partial charge in [0, 0.05) is 19.3 Å². The smallest absolute Gasteiger partial charge is 0.198 e. The van der Waals surface area contributed by atoms with Crippen molar-refractivity contribution in [2.24, 2.45) is 0 Å². The van der Waals surface area contributed by atoms with Crippen molar-refractivity contribution in [3.63, 3.8) is 0 Å². The molecule has 1 unspecified atom stereocenters. The largest absolute Gasteiger partial charge is 0.441 e. The van der Waals surface area contributed by atoms with E-state index in [4.69, 9.17) is 9.15 Å². The summed E-state index contributed by atoms with van der Waals surface area (Å²) in [5.41, 5.74) is 1.16. The molecule has 0 bridgehead atoms. The highest BCUT2D eigenvalue weighted by Crippen LogP contribution is 2.21. The number of aromatic nitrogens is 1. The first kappa shape index (κ1) is 13.5. The molecule has 1 saturated heterocycles. The van der Waals surface area contributed by atoms with Crippen molar-refractivity contribution in [1.82, 2.24) is 10.3 Å². The van der Waals surface area contributed by atoms with Gasteiger partial charge in [0.25, 0.3) is 0 Å². The fourth-order valence-electron chi connectivity index (χ4n) is 2.22. The van der Waals surface area contributed by atoms with Crippen LogP contribution in [0.3, 0.4) is 0 Å². The Bertz CT molecular complexity index is 717. The molecule has 1 aromatic carbocycles. The van der Waals surface area contributed by atoms with Gasteiger partial charge in [-0.15, -0.1) is 0 Å². The van der Waals surface area contributed by atoms with Gasteiger partial charge in [-0.3, -0.25) is 0 Å². The van der Waals surface area contributed by atoms with Gasteiger partial charge in [-0.25, -0.2) is 13.4 Å². The Morgan fingerprint density at radius 3 is 3.00 bits per heavy atom. The van der Waals surface area contributed by atoms with E-state index >= 15 is 0 Å². The molecule has 1 N–H and O–H groups in total. The minimum atomic E-state index is -3.23. The third-order valence-corrected chi connectivity index (χ3v) is 4.35. The van der Waals surface area contributed by atoms with Crippen LogP contribution in [0.4, 0.5) is 0 Å². The predicted molar refractivity (Wildman–Crippen MR) is 73.4 cm³/mol. The van der Waals surface area contributed by atoms with Gasteiger partial charge in [0.15, 0.2) is 21.3 Å². The number of fused-ring (bicyclic) bond motifs is 1. The lowest BCUT2D eigenvalue weighted by Crippen LogP contribution is -2.39. The molecule has 1 aromatic heterocycles. The predicted octanol–water partition coefficient (Wildman–Crippen LogP) is 0.762. The number of oxazole rings is 1. The van der Waals surface area contributed by atoms with Gasteiger partial charge >= 0.3 is 0 Å². The number of hydrogen-bond donors (Lipinski definition) is 1. The molecule has 0 radical (unpaired) electrons. The van der Waals surface area contributed by atoms with Gasteiger partial charge in [-0.05, 0) is 18.2 Å². The minimum absolute atomic E-state index is 0.0474. The van der Waals surface area contributed by atoms with Crippen molar-refractivity contribution in [2.75, 3.05) is 26.0 Å². The SMILES string of the molecule is CS(=O)(=O)c1ccc2oc(CC3CNCCO3)nc2c1. The molecule has 2 heterocycles. The van der Waals surface area contributed by atoms with E-state index in [9.17, 15) is 8.42 Å². The zero-order valence-electron chi connectivity index (χ0n) is 11.1. The van der Waals surface area contributed by atoms with Gasteiger partial charge in [-0.1, -0.05) is 0 Å². The summed E-state index contributed by atoms with van der Waals surface area (Å²) >= 11 is 0. The maximum absolute atomic E-state index is 11.5. The van der Waals surface area contributed by atoms with Crippen molar-refractivity contribution >= 4 is 20.9 Å². The van der Waals surface area contributed by atoms with Gasteiger partial charge in [0.05, 0.1) is 24.0 Å². The first-order valence-electron chi connectivity index (χ1n) is 6.44. The molecule has 108 valence electrons. The van der Waals surface area contributed by atoms with Crippen LogP contribution in [0.5, 0.6) is 0 Å². The number of nitrogens with one attached hydrogen (secondary N) is 1. The van der Waals surface area contributed by atoms with Gasteiger partial charge in [0.2, 0.25) is 0 Å². The van der Waals surface area contributed by atoms with Crippen LogP contribution in [0.25, 0.3) is 11.1 Å². The summed E-state index contributed by atoms with van der Waals surface area (Å²) in [5.74, 6) is 0.569. The lowest BCUT2D eigenvalue weighted by Gasteiger charge is -2.22. The van der Waals surface area contributed by atoms with E-state index in [1.807, 2.05) is 0 Å². The highest BCUT2D eigenvalue weighted by Gasteiger charge is 2.18. The quantitative estimate of drug-likeness (QED) is 0.900. The van der Waals surface area contributed by atoms with Crippen LogP contribution < -0.4 is 5.32 Å². The van der Waals surface area contributed by atoms with E-state index in [0.717, 1.165) is 13.1 Å². The Morgan fingerprint density at radius 2 is 2.30 bits per heavy atom. The van der Waals surface area contributed by atoms with Crippen LogP contribution in [-0.4, -0.2) is 45.5 Å². The van der Waals surface area contributed by atoms with Crippen LogP contribution in [0.2, 0.25) is 0 Å². The summed E-state index contributed by atoms with van der Waals surface area (Å²) in [4.78, 5) is 4.59. The third kappa shape index (κ3) is 2.84. The van der Waals surface area contributed by atoms with Crippen molar-refractivity contribution in [1.29, 1.82) is 0 Å². The number of benzene rings is 1. The molecule has 20 heavy (non-hydrogen) atoms. The number of ether oxygens (including phenoxy) is 1. The standard InChI is InChI=1S/C13H16N2O4S/c1-20(16,17)10-2-3-12-11(7-10)15-13(19-12)6-9-8-14-4-5-18-9/h2-3,7,9,14H,4-6,8H2,1H3. The maximum Gasteiger partial charge on any atom is 0.198 e. The summed E-state index contributed by atoms with van der Waals surface area (Å²) in [7, 11) is -3.23. The number of hydrogen-bond acceptors (Lipinski definition) is 6. The molecule has 6 nitrogen and oxygen atoms in total. The van der Waals surface area contributed by atoms with E-state index in [1.54, 1.807) is 6.07 Å². The molecule has 0 aliphatic carbocycles. The molecular formula is C13H16N2O4S. The fraction of sp³-hybridized carbons (Fsp3) is 0.462. The zero-order valence-corrected chi connectivity index (χ0v) is 11.9. The molecule has 1 atom stereocenters. The summed E-state index contributed by atoms with van der Waals surface area (Å²) in [6.07, 6.45) is 1.80. The van der Waals surface area contributed by atoms with Gasteiger partial charge in [-0.2, -0.15) is 0 Å². The molecule has 0 amide bonds. The van der Waals surface area contributed by atoms with Gasteiger partial charge in [0.1, 0.15) is 5.52 Å². The van der Waals surface area contributed by atoms with E-state index in [2.05, 4.69) is 10.3 Å². The Morgan fingerprint density at radius 1 is 1.45 bits per heavy atom. The second kappa shape index (κ2) is 5.16. The molecule has 1 aliphatic rings. The molecule has 1 aliphatic heterocycles. The molecule has 3 rings (SSSR count). The lowest BCUT2D eigenvalue weighted by atomic mass is 10.2. The zero-order chi connectivity index (χ0) is 14.2. The topological polar surface area (TPSA) is 81.4 Å². The Kier molecular flexibility index (Phi) is 3.49. The average Bonchev–Trinajstić information content (AvgIpc) is 2.80. The maximum atomic E-state index is 11.5. The second-order valence-electron chi connectivity index (χ2n) is 4.91. The van der Waals surface area contributed by atoms with Crippen molar-refractivity contribution in [2.45, 2.75) is 17.4 Å². The van der Waals surface area contributed by atoms with Gasteiger partial charge < -0.3 is 14.5 Å². The van der Waals surface area contributed by atoms with Crippen LogP contribution in [0, 0.1) is 0 Å². The number of morpholine rings is 1. The highest BCUT2D eigenvalue weighted by molar-refractivity contribution is 7.90. The monoisotopic (exact) mass is 296 g/mol. The van der Waals surface area contributed by atoms with E-state index in [1.165, 1.54) is 18.4 Å². The van der Waals surface area contributed by atoms with Crippen LogP contribution in [0.1, 0.15) is 5.89 Å². The Labute approximate surface area is 117 Å². The Balaban J connectivity index is 1.86. The minimum Gasteiger partial charge on any atom is -0.441 e. The molecule has 1 fully saturated rings. The van der Waals surface area contributed by atoms with E-state index in [-0.39, 0.29) is 11.0 Å². The summed E-state index contributed by atoms with van der Waals surface area (Å²) in [6, 6.07) is 4.71. The molecule has 2 aromatic rings. The summed E-state index contributed by atoms with van der Waals surface area (Å²) in [5, 5.41) is 3.24. The molecule has 7 heteroatoms. The van der Waals surface area contributed by atoms with Crippen molar-refractivity contribution < 1.29 is 17.6 Å². The molecule has 0 spiro atoms. The average molecular weight is 296 g/mol. The summed E-state index contributed by atoms with van der Waals surface area (Å²) < 4.78 is 34.2. The first-order chi connectivity index (χ1) is 9.52. The first-order valence-corrected chi connectivity index (χ1v) is 8.33. The van der Waals surface area contributed by atoms with Crippen molar-refractivity contribution in [3.05, 3.63) is 24.1 Å². The number of nitrogens with zero attached hydrogens (tertiary/aromatic N) is 1. The third-order valence-electron chi connectivity index (χ3n) is 3.24. The van der Waals surface area contributed by atoms with Crippen molar-refractivity contribution in [3.8, 4) is 0 Å². The second-order valence-corrected chi connectivity index (χ2v) is 6.93. The van der Waals surface area contributed by atoms with Crippen LogP contribution in [-0.2, 0) is 21.0 Å². The number of sulfone groups is 1. The van der Waals surface area contributed by atoms with E-state index < -0.39 is 9.84 Å². The molecule has 0 saturated carbocycles. The van der Waals surface area contributed by atoms with Crippen LogP contribution >= 0.6 is 0 Å².